The van der Waals surface area contributed by atoms with Crippen LogP contribution >= 0.6 is 0 Å². The molecule has 0 aliphatic carbocycles. The van der Waals surface area contributed by atoms with Crippen molar-refractivity contribution in [2.45, 2.75) is 39.7 Å². The molecule has 0 saturated carbocycles. The molecule has 1 amide bonds. The predicted molar refractivity (Wildman–Crippen MR) is 121 cm³/mol. The van der Waals surface area contributed by atoms with Gasteiger partial charge >= 0.3 is 0 Å². The van der Waals surface area contributed by atoms with Crippen molar-refractivity contribution in [1.82, 2.24) is 9.97 Å². The topological polar surface area (TPSA) is 58.1 Å². The number of nitrogens with one attached hydrogen (secondary N) is 1. The molecule has 5 heteroatoms. The summed E-state index contributed by atoms with van der Waals surface area (Å²) in [6.07, 6.45) is 2.14. The number of aromatic nitrogens is 2. The number of benzene rings is 2. The first kappa shape index (κ1) is 19.8. The Morgan fingerprint density at radius 3 is 2.60 bits per heavy atom. The van der Waals surface area contributed by atoms with Gasteiger partial charge in [-0.3, -0.25) is 9.69 Å². The molecular formula is C25H26N4O. The molecule has 2 aromatic carbocycles. The molecule has 152 valence electrons. The Balaban J connectivity index is 1.64. The average molecular weight is 399 g/mol. The molecule has 1 N–H and O–H groups in total. The summed E-state index contributed by atoms with van der Waals surface area (Å²) in [5.41, 5.74) is 6.02. The van der Waals surface area contributed by atoms with Crippen molar-refractivity contribution in [3.63, 3.8) is 0 Å². The van der Waals surface area contributed by atoms with Crippen LogP contribution in [0.1, 0.15) is 43.4 Å². The van der Waals surface area contributed by atoms with Crippen LogP contribution in [0.2, 0.25) is 0 Å². The summed E-state index contributed by atoms with van der Waals surface area (Å²) in [6.45, 7) is 10.6. The smallest absolute Gasteiger partial charge is 0.233 e. The van der Waals surface area contributed by atoms with Gasteiger partial charge in [0.2, 0.25) is 5.91 Å². The summed E-state index contributed by atoms with van der Waals surface area (Å²) in [7, 11) is 0. The number of hydrogen-bond acceptors (Lipinski definition) is 4. The number of amides is 1. The molecule has 1 aromatic heterocycles. The van der Waals surface area contributed by atoms with E-state index in [1.165, 1.54) is 5.56 Å². The summed E-state index contributed by atoms with van der Waals surface area (Å²) in [5.74, 6) is 1.80. The third-order valence-corrected chi connectivity index (χ3v) is 5.22. The van der Waals surface area contributed by atoms with Gasteiger partial charge in [-0.2, -0.15) is 0 Å². The lowest BCUT2D eigenvalue weighted by molar-refractivity contribution is -0.117. The quantitative estimate of drug-likeness (QED) is 0.612. The number of hydrogen-bond donors (Lipinski definition) is 1. The van der Waals surface area contributed by atoms with E-state index in [1.54, 1.807) is 11.1 Å². The first-order chi connectivity index (χ1) is 14.4. The van der Waals surface area contributed by atoms with Gasteiger partial charge in [-0.15, -0.1) is 0 Å². The number of carbonyl (C=O) groups is 1. The molecule has 0 spiro atoms. The summed E-state index contributed by atoms with van der Waals surface area (Å²) in [6, 6.07) is 16.2. The summed E-state index contributed by atoms with van der Waals surface area (Å²) in [5, 5.41) is 3.19. The van der Waals surface area contributed by atoms with Crippen molar-refractivity contribution in [2.24, 2.45) is 0 Å². The summed E-state index contributed by atoms with van der Waals surface area (Å²) < 4.78 is 0. The van der Waals surface area contributed by atoms with Gasteiger partial charge in [-0.05, 0) is 36.1 Å². The third-order valence-electron chi connectivity index (χ3n) is 5.22. The van der Waals surface area contributed by atoms with E-state index in [9.17, 15) is 4.79 Å². The second-order valence-corrected chi connectivity index (χ2v) is 8.04. The first-order valence-corrected chi connectivity index (χ1v) is 10.2. The highest BCUT2D eigenvalue weighted by Gasteiger charge is 2.30. The Kier molecular flexibility index (Phi) is 5.36. The van der Waals surface area contributed by atoms with Crippen LogP contribution in [-0.2, 0) is 17.8 Å². The lowest BCUT2D eigenvalue weighted by atomic mass is 9.97. The van der Waals surface area contributed by atoms with Gasteiger partial charge in [-0.25, -0.2) is 9.97 Å². The van der Waals surface area contributed by atoms with E-state index >= 15 is 0 Å². The van der Waals surface area contributed by atoms with E-state index in [1.807, 2.05) is 49.4 Å². The van der Waals surface area contributed by atoms with Crippen LogP contribution in [0, 0.1) is 0 Å². The van der Waals surface area contributed by atoms with Gasteiger partial charge < -0.3 is 5.32 Å². The molecule has 2 heterocycles. The van der Waals surface area contributed by atoms with E-state index in [2.05, 4.69) is 36.8 Å². The Labute approximate surface area is 177 Å². The third kappa shape index (κ3) is 3.96. The monoisotopic (exact) mass is 398 g/mol. The normalized spacial score (nSPS) is 12.9. The molecule has 4 rings (SSSR count). The zero-order valence-corrected chi connectivity index (χ0v) is 17.6. The molecule has 5 nitrogen and oxygen atoms in total. The van der Waals surface area contributed by atoms with Crippen LogP contribution in [-0.4, -0.2) is 15.9 Å². The minimum Gasteiger partial charge on any atom is -0.360 e. The van der Waals surface area contributed by atoms with Gasteiger partial charge in [0.1, 0.15) is 5.82 Å². The molecule has 30 heavy (non-hydrogen) atoms. The molecule has 0 bridgehead atoms. The summed E-state index contributed by atoms with van der Waals surface area (Å²) >= 11 is 0. The van der Waals surface area contributed by atoms with Crippen LogP contribution in [0.4, 0.5) is 11.5 Å². The fourth-order valence-electron chi connectivity index (χ4n) is 3.75. The lowest BCUT2D eigenvalue weighted by Gasteiger charge is -2.18. The largest absolute Gasteiger partial charge is 0.360 e. The van der Waals surface area contributed by atoms with Gasteiger partial charge in [0.25, 0.3) is 0 Å². The van der Waals surface area contributed by atoms with E-state index in [0.29, 0.717) is 30.5 Å². The maximum absolute atomic E-state index is 12.7. The highest BCUT2D eigenvalue weighted by Crippen LogP contribution is 2.32. The van der Waals surface area contributed by atoms with Crippen LogP contribution in [0.5, 0.6) is 0 Å². The highest BCUT2D eigenvalue weighted by atomic mass is 16.2. The second-order valence-electron chi connectivity index (χ2n) is 8.04. The molecule has 1 aliphatic heterocycles. The molecule has 0 fully saturated rings. The second kappa shape index (κ2) is 8.11. The molecular weight excluding hydrogens is 372 g/mol. The van der Waals surface area contributed by atoms with E-state index < -0.39 is 0 Å². The molecule has 0 radical (unpaired) electrons. The van der Waals surface area contributed by atoms with Crippen LogP contribution in [0.15, 0.2) is 67.0 Å². The van der Waals surface area contributed by atoms with Crippen LogP contribution in [0.3, 0.4) is 0 Å². The zero-order chi connectivity index (χ0) is 21.3. The van der Waals surface area contributed by atoms with E-state index in [4.69, 9.17) is 4.98 Å². The fraction of sp³-hybridized carbons (Fsp3) is 0.240. The van der Waals surface area contributed by atoms with Gasteiger partial charge in [0.15, 0.2) is 5.82 Å². The minimum atomic E-state index is 0.0535. The number of nitrogens with zero attached hydrogens (tertiary/aromatic N) is 3. The average Bonchev–Trinajstić information content (AvgIpc) is 3.03. The molecule has 3 aromatic rings. The maximum atomic E-state index is 12.7. The standard InChI is InChI=1S/C25H26N4O/c1-16(2)21-7-5-6-8-22(21)24-26-14-19-13-23(30)29(25(19)28-24)15-18-9-11-20(12-10-18)27-17(3)4/h5-12,14,16,27H,3,13,15H2,1-2,4H3. The Morgan fingerprint density at radius 2 is 1.90 bits per heavy atom. The van der Waals surface area contributed by atoms with Gasteiger partial charge in [-0.1, -0.05) is 56.8 Å². The number of allylic oxidation sites excluding steroid dienone is 1. The van der Waals surface area contributed by atoms with Gasteiger partial charge in [0.05, 0.1) is 13.0 Å². The molecule has 1 aliphatic rings. The zero-order valence-electron chi connectivity index (χ0n) is 17.6. The van der Waals surface area contributed by atoms with Crippen molar-refractivity contribution in [3.8, 4) is 11.4 Å². The fourth-order valence-corrected chi connectivity index (χ4v) is 3.75. The molecule has 0 unspecified atom stereocenters. The van der Waals surface area contributed by atoms with Gasteiger partial charge in [0, 0.05) is 28.7 Å². The maximum Gasteiger partial charge on any atom is 0.233 e. The van der Waals surface area contributed by atoms with Crippen LogP contribution < -0.4 is 10.2 Å². The van der Waals surface area contributed by atoms with E-state index in [-0.39, 0.29) is 5.91 Å². The van der Waals surface area contributed by atoms with E-state index in [0.717, 1.165) is 28.1 Å². The Bertz CT molecular complexity index is 1100. The molecule has 0 saturated heterocycles. The predicted octanol–water partition coefficient (Wildman–Crippen LogP) is 5.30. The number of fused-ring (bicyclic) bond motifs is 1. The van der Waals surface area contributed by atoms with Crippen molar-refractivity contribution in [2.75, 3.05) is 10.2 Å². The van der Waals surface area contributed by atoms with Crippen molar-refractivity contribution in [3.05, 3.63) is 83.7 Å². The number of anilines is 2. The Morgan fingerprint density at radius 1 is 1.17 bits per heavy atom. The Hall–Kier alpha value is -3.47. The van der Waals surface area contributed by atoms with Crippen LogP contribution in [0.25, 0.3) is 11.4 Å². The van der Waals surface area contributed by atoms with Crippen molar-refractivity contribution >= 4 is 17.4 Å². The van der Waals surface area contributed by atoms with Crippen molar-refractivity contribution < 1.29 is 4.79 Å². The summed E-state index contributed by atoms with van der Waals surface area (Å²) in [4.78, 5) is 23.9. The van der Waals surface area contributed by atoms with Crippen molar-refractivity contribution in [1.29, 1.82) is 0 Å². The number of carbonyl (C=O) groups excluding carboxylic acids is 1. The SMILES string of the molecule is C=C(C)Nc1ccc(CN2C(=O)Cc3cnc(-c4ccccc4C(C)C)nc32)cc1. The molecule has 0 atom stereocenters. The first-order valence-electron chi connectivity index (χ1n) is 10.2. The lowest BCUT2D eigenvalue weighted by Crippen LogP contribution is -2.26. The highest BCUT2D eigenvalue weighted by molar-refractivity contribution is 6.00. The number of rotatable bonds is 6. The minimum absolute atomic E-state index is 0.0535.